The minimum absolute atomic E-state index is 0.0614. The first-order valence-electron chi connectivity index (χ1n) is 6.63. The first-order chi connectivity index (χ1) is 9.97. The van der Waals surface area contributed by atoms with E-state index in [2.05, 4.69) is 11.8 Å². The van der Waals surface area contributed by atoms with Gasteiger partial charge in [-0.1, -0.05) is 17.9 Å². The van der Waals surface area contributed by atoms with Crippen LogP contribution in [0.4, 0.5) is 0 Å². The summed E-state index contributed by atoms with van der Waals surface area (Å²) < 4.78 is 5.24. The molecule has 0 fully saturated rings. The highest BCUT2D eigenvalue weighted by Crippen LogP contribution is 2.19. The smallest absolute Gasteiger partial charge is 0.236 e. The minimum atomic E-state index is -0.190. The number of methoxy groups -OCH3 is 1. The van der Waals surface area contributed by atoms with E-state index in [1.807, 2.05) is 30.1 Å². The van der Waals surface area contributed by atoms with Crippen LogP contribution in [0.1, 0.15) is 11.1 Å². The van der Waals surface area contributed by atoms with Crippen LogP contribution in [0.5, 0.6) is 5.75 Å². The van der Waals surface area contributed by atoms with Gasteiger partial charge in [0.15, 0.2) is 0 Å². The molecule has 5 heteroatoms. The molecule has 0 radical (unpaired) electrons. The Hall–Kier alpha value is -2.03. The van der Waals surface area contributed by atoms with Gasteiger partial charge in [-0.25, -0.2) is 0 Å². The van der Waals surface area contributed by atoms with Crippen LogP contribution in [0, 0.1) is 11.8 Å². The minimum Gasteiger partial charge on any atom is -0.495 e. The van der Waals surface area contributed by atoms with Crippen LogP contribution in [0.25, 0.3) is 0 Å². The van der Waals surface area contributed by atoms with Crippen molar-refractivity contribution in [2.45, 2.75) is 6.54 Å². The summed E-state index contributed by atoms with van der Waals surface area (Å²) in [7, 11) is 6.96. The highest BCUT2D eigenvalue weighted by Gasteiger charge is 2.10. The predicted octanol–water partition coefficient (Wildman–Crippen LogP) is 0.559. The van der Waals surface area contributed by atoms with Gasteiger partial charge in [0.05, 0.1) is 19.2 Å². The fraction of sp³-hybridized carbons (Fsp3) is 0.438. The van der Waals surface area contributed by atoms with Crippen LogP contribution in [0.15, 0.2) is 18.2 Å². The Morgan fingerprint density at radius 2 is 2.05 bits per heavy atom. The number of benzene rings is 1. The Morgan fingerprint density at radius 3 is 2.62 bits per heavy atom. The summed E-state index contributed by atoms with van der Waals surface area (Å²) in [5, 5.41) is 8.79. The van der Waals surface area contributed by atoms with Gasteiger partial charge in [0.25, 0.3) is 0 Å². The molecule has 0 unspecified atom stereocenters. The molecular weight excluding hydrogens is 268 g/mol. The number of aliphatic hydroxyl groups is 1. The monoisotopic (exact) mass is 290 g/mol. The molecule has 0 aliphatic rings. The molecule has 1 N–H and O–H groups in total. The second-order valence-corrected chi connectivity index (χ2v) is 4.95. The number of carbonyl (C=O) groups is 1. The molecule has 0 bridgehead atoms. The molecule has 0 spiro atoms. The average molecular weight is 290 g/mol. The Bertz CT molecular complexity index is 544. The van der Waals surface area contributed by atoms with E-state index in [9.17, 15) is 4.79 Å². The first-order valence-corrected chi connectivity index (χ1v) is 6.63. The fourth-order valence-electron chi connectivity index (χ4n) is 1.83. The molecule has 1 rings (SSSR count). The molecule has 0 aliphatic carbocycles. The number of aliphatic hydroxyl groups excluding tert-OH is 1. The van der Waals surface area contributed by atoms with Crippen molar-refractivity contribution in [3.8, 4) is 17.6 Å². The maximum absolute atomic E-state index is 11.7. The van der Waals surface area contributed by atoms with E-state index in [-0.39, 0.29) is 12.5 Å². The highest BCUT2D eigenvalue weighted by molar-refractivity contribution is 5.77. The van der Waals surface area contributed by atoms with E-state index in [0.717, 1.165) is 11.1 Å². The molecule has 0 atom stereocenters. The van der Waals surface area contributed by atoms with E-state index in [1.54, 1.807) is 26.1 Å². The number of hydrogen-bond acceptors (Lipinski definition) is 4. The molecule has 1 aromatic carbocycles. The zero-order valence-corrected chi connectivity index (χ0v) is 13.0. The molecule has 0 saturated carbocycles. The van der Waals surface area contributed by atoms with Crippen LogP contribution < -0.4 is 4.74 Å². The number of likely N-dealkylation sites (N-methyl/N-ethyl adjacent to an activating group) is 2. The normalized spacial score (nSPS) is 10.0. The quantitative estimate of drug-likeness (QED) is 0.805. The van der Waals surface area contributed by atoms with Crippen molar-refractivity contribution >= 4 is 5.91 Å². The van der Waals surface area contributed by atoms with Gasteiger partial charge in [-0.05, 0) is 24.7 Å². The van der Waals surface area contributed by atoms with Crippen molar-refractivity contribution in [3.05, 3.63) is 29.3 Å². The third-order valence-electron chi connectivity index (χ3n) is 2.92. The van der Waals surface area contributed by atoms with Crippen molar-refractivity contribution in [1.82, 2.24) is 9.80 Å². The standard InChI is InChI=1S/C16H22N2O3/c1-17(2)16(20)12-18(3)11-13-7-8-15(21-4)14(10-13)6-5-9-19/h7-8,10,19H,9,11-12H2,1-4H3. The largest absolute Gasteiger partial charge is 0.495 e. The Balaban J connectivity index is 2.82. The van der Waals surface area contributed by atoms with Crippen LogP contribution in [0.3, 0.4) is 0 Å². The lowest BCUT2D eigenvalue weighted by Gasteiger charge is -2.19. The van der Waals surface area contributed by atoms with E-state index in [1.165, 1.54) is 0 Å². The van der Waals surface area contributed by atoms with Gasteiger partial charge >= 0.3 is 0 Å². The van der Waals surface area contributed by atoms with E-state index < -0.39 is 0 Å². The van der Waals surface area contributed by atoms with Gasteiger partial charge in [-0.15, -0.1) is 0 Å². The van der Waals surface area contributed by atoms with Gasteiger partial charge in [0.1, 0.15) is 12.4 Å². The Kier molecular flexibility index (Phi) is 6.73. The van der Waals surface area contributed by atoms with Crippen molar-refractivity contribution in [2.24, 2.45) is 0 Å². The first kappa shape index (κ1) is 17.0. The molecule has 0 aromatic heterocycles. The molecule has 1 aromatic rings. The molecule has 0 aliphatic heterocycles. The summed E-state index contributed by atoms with van der Waals surface area (Å²) in [6.07, 6.45) is 0. The van der Waals surface area contributed by atoms with E-state index in [4.69, 9.17) is 9.84 Å². The van der Waals surface area contributed by atoms with E-state index in [0.29, 0.717) is 18.8 Å². The lowest BCUT2D eigenvalue weighted by Crippen LogP contribution is -2.34. The van der Waals surface area contributed by atoms with Gasteiger partial charge in [-0.2, -0.15) is 0 Å². The summed E-state index contributed by atoms with van der Waals surface area (Å²) in [5.41, 5.74) is 1.77. The SMILES string of the molecule is COc1ccc(CN(C)CC(=O)N(C)C)cc1C#CCO. The second-order valence-electron chi connectivity index (χ2n) is 4.95. The zero-order chi connectivity index (χ0) is 15.8. The topological polar surface area (TPSA) is 53.0 Å². The second kappa shape index (κ2) is 8.30. The summed E-state index contributed by atoms with van der Waals surface area (Å²) in [6.45, 7) is 0.804. The summed E-state index contributed by atoms with van der Waals surface area (Å²) in [6, 6.07) is 5.70. The third-order valence-corrected chi connectivity index (χ3v) is 2.92. The summed E-state index contributed by atoms with van der Waals surface area (Å²) >= 11 is 0. The van der Waals surface area contributed by atoms with Gasteiger partial charge in [0, 0.05) is 20.6 Å². The van der Waals surface area contributed by atoms with Gasteiger partial charge in [0.2, 0.25) is 5.91 Å². The molecule has 5 nitrogen and oxygen atoms in total. The van der Waals surface area contributed by atoms with Crippen molar-refractivity contribution in [2.75, 3.05) is 41.4 Å². The molecule has 114 valence electrons. The number of rotatable bonds is 5. The third kappa shape index (κ3) is 5.46. The lowest BCUT2D eigenvalue weighted by atomic mass is 10.1. The number of nitrogens with zero attached hydrogens (tertiary/aromatic N) is 2. The number of hydrogen-bond donors (Lipinski definition) is 1. The maximum atomic E-state index is 11.7. The van der Waals surface area contributed by atoms with Crippen molar-refractivity contribution in [3.63, 3.8) is 0 Å². The summed E-state index contributed by atoms with van der Waals surface area (Å²) in [5.74, 6) is 6.22. The highest BCUT2D eigenvalue weighted by atomic mass is 16.5. The van der Waals surface area contributed by atoms with Crippen molar-refractivity contribution < 1.29 is 14.6 Å². The van der Waals surface area contributed by atoms with Crippen LogP contribution in [-0.2, 0) is 11.3 Å². The number of amides is 1. The predicted molar refractivity (Wildman–Crippen MR) is 82.0 cm³/mol. The lowest BCUT2D eigenvalue weighted by molar-refractivity contribution is -0.129. The van der Waals surface area contributed by atoms with Crippen LogP contribution >= 0.6 is 0 Å². The van der Waals surface area contributed by atoms with Crippen molar-refractivity contribution in [1.29, 1.82) is 0 Å². The maximum Gasteiger partial charge on any atom is 0.236 e. The Labute approximate surface area is 126 Å². The fourth-order valence-corrected chi connectivity index (χ4v) is 1.83. The van der Waals surface area contributed by atoms with Crippen LogP contribution in [-0.4, -0.2) is 62.2 Å². The van der Waals surface area contributed by atoms with Gasteiger partial charge in [-0.3, -0.25) is 9.69 Å². The number of carbonyl (C=O) groups excluding carboxylic acids is 1. The molecule has 0 saturated heterocycles. The molecule has 21 heavy (non-hydrogen) atoms. The molecule has 0 heterocycles. The number of ether oxygens (including phenoxy) is 1. The summed E-state index contributed by atoms with van der Waals surface area (Å²) in [4.78, 5) is 15.2. The van der Waals surface area contributed by atoms with Gasteiger partial charge < -0.3 is 14.7 Å². The zero-order valence-electron chi connectivity index (χ0n) is 13.0. The van der Waals surface area contributed by atoms with E-state index >= 15 is 0 Å². The van der Waals surface area contributed by atoms with Crippen LogP contribution in [0.2, 0.25) is 0 Å². The Morgan fingerprint density at radius 1 is 1.33 bits per heavy atom. The molecular formula is C16H22N2O3. The molecule has 1 amide bonds. The average Bonchev–Trinajstić information content (AvgIpc) is 2.44.